The largest absolute Gasteiger partial charge is 0.294 e. The lowest BCUT2D eigenvalue weighted by molar-refractivity contribution is 0.0964. The molecule has 5 nitrogen and oxygen atoms in total. The van der Waals surface area contributed by atoms with Gasteiger partial charge < -0.3 is 0 Å². The summed E-state index contributed by atoms with van der Waals surface area (Å²) in [5, 5.41) is 1.34. The van der Waals surface area contributed by atoms with Gasteiger partial charge in [-0.25, -0.2) is 9.97 Å². The van der Waals surface area contributed by atoms with Gasteiger partial charge in [0.1, 0.15) is 0 Å². The first-order valence-corrected chi connectivity index (χ1v) is 11.6. The summed E-state index contributed by atoms with van der Waals surface area (Å²) >= 11 is 6.56. The van der Waals surface area contributed by atoms with Crippen molar-refractivity contribution in [2.75, 3.05) is 0 Å². The van der Waals surface area contributed by atoms with Gasteiger partial charge in [0.25, 0.3) is 0 Å². The minimum absolute atomic E-state index is 0.0207. The van der Waals surface area contributed by atoms with Gasteiger partial charge in [0.2, 0.25) is 5.95 Å². The highest BCUT2D eigenvalue weighted by Gasteiger charge is 2.34. The molecule has 0 unspecified atom stereocenters. The van der Waals surface area contributed by atoms with E-state index < -0.39 is 0 Å². The van der Waals surface area contributed by atoms with Crippen LogP contribution in [0.25, 0.3) is 16.9 Å². The quantitative estimate of drug-likeness (QED) is 0.326. The molecule has 0 radical (unpaired) electrons. The zero-order valence-corrected chi connectivity index (χ0v) is 18.6. The molecule has 32 heavy (non-hydrogen) atoms. The van der Waals surface area contributed by atoms with Gasteiger partial charge in [-0.15, -0.1) is 0 Å². The fraction of sp³-hybridized carbons (Fsp3) is 0.308. The van der Waals surface area contributed by atoms with Crippen LogP contribution in [-0.2, 0) is 5.41 Å². The number of benzene rings is 1. The fourth-order valence-corrected chi connectivity index (χ4v) is 5.38. The number of ketones is 1. The Morgan fingerprint density at radius 3 is 2.56 bits per heavy atom. The number of pyridine rings is 1. The number of nitrogens with zero attached hydrogens (tertiary/aromatic N) is 4. The lowest BCUT2D eigenvalue weighted by Crippen LogP contribution is -2.30. The van der Waals surface area contributed by atoms with Crippen molar-refractivity contribution in [1.82, 2.24) is 19.5 Å². The van der Waals surface area contributed by atoms with Gasteiger partial charge in [-0.1, -0.05) is 43.0 Å². The Bertz CT molecular complexity index is 1230. The van der Waals surface area contributed by atoms with Gasteiger partial charge in [-0.2, -0.15) is 0 Å². The number of halogens is 1. The van der Waals surface area contributed by atoms with E-state index in [2.05, 4.69) is 21.0 Å². The van der Waals surface area contributed by atoms with Crippen molar-refractivity contribution in [2.45, 2.75) is 50.4 Å². The first kappa shape index (κ1) is 20.8. The molecular formula is C26H25ClN4O. The Balaban J connectivity index is 1.49. The maximum absolute atomic E-state index is 13.5. The minimum Gasteiger partial charge on any atom is -0.294 e. The smallest absolute Gasteiger partial charge is 0.234 e. The molecule has 0 bridgehead atoms. The van der Waals surface area contributed by atoms with Crippen LogP contribution in [0.1, 0.15) is 60.9 Å². The molecule has 1 fully saturated rings. The van der Waals surface area contributed by atoms with Gasteiger partial charge in [0.05, 0.1) is 10.5 Å². The highest BCUT2D eigenvalue weighted by Crippen LogP contribution is 2.43. The highest BCUT2D eigenvalue weighted by atomic mass is 35.5. The summed E-state index contributed by atoms with van der Waals surface area (Å²) in [5.41, 5.74) is 2.75. The molecule has 0 saturated heterocycles. The third-order valence-corrected chi connectivity index (χ3v) is 7.08. The molecule has 0 spiro atoms. The Labute approximate surface area is 192 Å². The van der Waals surface area contributed by atoms with Crippen LogP contribution in [0.4, 0.5) is 0 Å². The molecule has 3 heterocycles. The second kappa shape index (κ2) is 8.83. The van der Waals surface area contributed by atoms with E-state index in [1.807, 2.05) is 47.4 Å². The molecule has 1 aromatic carbocycles. The predicted octanol–water partition coefficient (Wildman–Crippen LogP) is 6.33. The number of fused-ring (bicyclic) bond motifs is 1. The number of aromatic nitrogens is 4. The van der Waals surface area contributed by atoms with Gasteiger partial charge in [0.15, 0.2) is 5.78 Å². The molecule has 0 N–H and O–H groups in total. The molecule has 1 saturated carbocycles. The molecule has 0 atom stereocenters. The summed E-state index contributed by atoms with van der Waals surface area (Å²) in [5.74, 6) is 0.629. The van der Waals surface area contributed by atoms with Crippen LogP contribution in [-0.4, -0.2) is 25.3 Å². The third-order valence-electron chi connectivity index (χ3n) is 6.76. The van der Waals surface area contributed by atoms with Crippen LogP contribution in [0.3, 0.4) is 0 Å². The molecule has 0 amide bonds. The van der Waals surface area contributed by atoms with E-state index in [1.54, 1.807) is 18.5 Å². The summed E-state index contributed by atoms with van der Waals surface area (Å²) in [6.07, 6.45) is 16.2. The topological polar surface area (TPSA) is 60.7 Å². The zero-order valence-electron chi connectivity index (χ0n) is 17.9. The van der Waals surface area contributed by atoms with E-state index in [-0.39, 0.29) is 11.2 Å². The van der Waals surface area contributed by atoms with E-state index >= 15 is 0 Å². The monoisotopic (exact) mass is 444 g/mol. The zero-order chi connectivity index (χ0) is 22.0. The maximum Gasteiger partial charge on any atom is 0.234 e. The molecule has 0 aliphatic heterocycles. The van der Waals surface area contributed by atoms with E-state index in [0.29, 0.717) is 23.0 Å². The third kappa shape index (κ3) is 3.82. The number of Topliss-reactive ketones (excluding diaryl/α,β-unsaturated/α-hetero) is 1. The molecule has 3 aromatic heterocycles. The second-order valence-electron chi connectivity index (χ2n) is 8.60. The summed E-state index contributed by atoms with van der Waals surface area (Å²) in [6, 6.07) is 11.6. The molecule has 4 aromatic rings. The van der Waals surface area contributed by atoms with Crippen LogP contribution < -0.4 is 0 Å². The van der Waals surface area contributed by atoms with Crippen molar-refractivity contribution >= 4 is 28.3 Å². The molecule has 162 valence electrons. The Morgan fingerprint density at radius 2 is 1.81 bits per heavy atom. The number of carbonyl (C=O) groups is 1. The molecule has 6 heteroatoms. The average molecular weight is 445 g/mol. The van der Waals surface area contributed by atoms with Gasteiger partial charge in [0, 0.05) is 48.4 Å². The van der Waals surface area contributed by atoms with Gasteiger partial charge >= 0.3 is 0 Å². The van der Waals surface area contributed by atoms with E-state index in [1.165, 1.54) is 24.8 Å². The molecule has 1 aliphatic carbocycles. The first-order chi connectivity index (χ1) is 15.7. The molecule has 5 rings (SSSR count). The maximum atomic E-state index is 13.5. The minimum atomic E-state index is 0.0207. The number of hydrogen-bond acceptors (Lipinski definition) is 4. The van der Waals surface area contributed by atoms with Crippen molar-refractivity contribution in [1.29, 1.82) is 0 Å². The van der Waals surface area contributed by atoms with Gasteiger partial charge in [-0.05, 0) is 54.5 Å². The summed E-state index contributed by atoms with van der Waals surface area (Å²) in [7, 11) is 0. The lowest BCUT2D eigenvalue weighted by Gasteiger charge is -2.37. The van der Waals surface area contributed by atoms with E-state index in [4.69, 9.17) is 11.6 Å². The first-order valence-electron chi connectivity index (χ1n) is 11.2. The highest BCUT2D eigenvalue weighted by molar-refractivity contribution is 6.37. The Morgan fingerprint density at radius 1 is 1.00 bits per heavy atom. The van der Waals surface area contributed by atoms with Crippen molar-refractivity contribution in [2.24, 2.45) is 0 Å². The van der Waals surface area contributed by atoms with Crippen LogP contribution in [0.15, 0.2) is 67.4 Å². The predicted molar refractivity (Wildman–Crippen MR) is 126 cm³/mol. The normalized spacial score (nSPS) is 15.7. The van der Waals surface area contributed by atoms with E-state index in [0.717, 1.165) is 30.2 Å². The summed E-state index contributed by atoms with van der Waals surface area (Å²) in [4.78, 5) is 26.6. The number of hydrogen-bond donors (Lipinski definition) is 0. The van der Waals surface area contributed by atoms with Crippen LogP contribution in [0.5, 0.6) is 0 Å². The Kier molecular flexibility index (Phi) is 5.75. The fourth-order valence-electron chi connectivity index (χ4n) is 5.11. The molecular weight excluding hydrogens is 420 g/mol. The summed E-state index contributed by atoms with van der Waals surface area (Å²) in [6.45, 7) is 0. The molecule has 1 aliphatic rings. The van der Waals surface area contributed by atoms with Crippen LogP contribution in [0, 0.1) is 0 Å². The number of carbonyl (C=O) groups excluding carboxylic acids is 1. The standard InChI is InChI=1S/C26H25ClN4O/c27-21-8-4-9-22-24(21)20(18-31(22)25-29-15-6-16-30-25)23(32)10-13-26(11-2-1-3-12-26)19-7-5-14-28-17-19/h4-9,14-18H,1-3,10-13H2. The average Bonchev–Trinajstić information content (AvgIpc) is 3.25. The van der Waals surface area contributed by atoms with Crippen LogP contribution in [0.2, 0.25) is 5.02 Å². The van der Waals surface area contributed by atoms with E-state index in [9.17, 15) is 4.79 Å². The van der Waals surface area contributed by atoms with Crippen molar-refractivity contribution in [3.8, 4) is 5.95 Å². The second-order valence-corrected chi connectivity index (χ2v) is 9.01. The lowest BCUT2D eigenvalue weighted by atomic mass is 9.67. The SMILES string of the molecule is O=C(CCC1(c2cccnc2)CCCCC1)c1cn(-c2ncccn2)c2cccc(Cl)c12. The van der Waals surface area contributed by atoms with Gasteiger partial charge in [-0.3, -0.25) is 14.3 Å². The van der Waals surface area contributed by atoms with Crippen molar-refractivity contribution in [3.05, 3.63) is 83.5 Å². The Hall–Kier alpha value is -3.05. The summed E-state index contributed by atoms with van der Waals surface area (Å²) < 4.78 is 1.85. The number of rotatable bonds is 6. The van der Waals surface area contributed by atoms with Crippen molar-refractivity contribution in [3.63, 3.8) is 0 Å². The van der Waals surface area contributed by atoms with Crippen LogP contribution >= 0.6 is 11.6 Å². The van der Waals surface area contributed by atoms with Crippen molar-refractivity contribution < 1.29 is 4.79 Å².